The lowest BCUT2D eigenvalue weighted by Crippen LogP contribution is -2.11. The fraction of sp³-hybridized carbons (Fsp3) is 0. The molecular weight excluding hydrogens is 687 g/mol. The average molecular weight is 720 g/mol. The van der Waals surface area contributed by atoms with Gasteiger partial charge in [-0.15, -0.1) is 11.3 Å². The van der Waals surface area contributed by atoms with E-state index >= 15 is 0 Å². The number of thiophene rings is 1. The molecule has 0 saturated heterocycles. The Kier molecular flexibility index (Phi) is 7.39. The van der Waals surface area contributed by atoms with Crippen LogP contribution in [-0.2, 0) is 0 Å². The fourth-order valence-electron chi connectivity index (χ4n) is 8.21. The molecule has 11 rings (SSSR count). The third kappa shape index (κ3) is 5.40. The predicted molar refractivity (Wildman–Crippen MR) is 235 cm³/mol. The largest absolute Gasteiger partial charge is 0.456 e. The minimum Gasteiger partial charge on any atom is -0.456 e. The summed E-state index contributed by atoms with van der Waals surface area (Å²) in [5, 5.41) is 7.39. The van der Waals surface area contributed by atoms with Crippen LogP contribution >= 0.6 is 11.3 Å². The van der Waals surface area contributed by atoms with Gasteiger partial charge >= 0.3 is 0 Å². The Hall–Kier alpha value is -6.94. The van der Waals surface area contributed by atoms with Gasteiger partial charge in [0.1, 0.15) is 11.2 Å². The van der Waals surface area contributed by atoms with Crippen molar-refractivity contribution in [3.05, 3.63) is 200 Å². The molecule has 0 N–H and O–H groups in total. The second-order valence-electron chi connectivity index (χ2n) is 14.1. The number of furan rings is 1. The summed E-state index contributed by atoms with van der Waals surface area (Å²) in [5.74, 6) is 0. The number of nitrogens with zero attached hydrogens (tertiary/aromatic N) is 1. The van der Waals surface area contributed by atoms with Gasteiger partial charge in [0.2, 0.25) is 0 Å². The molecule has 0 aliphatic heterocycles. The Morgan fingerprint density at radius 3 is 1.80 bits per heavy atom. The molecule has 2 heterocycles. The Morgan fingerprint density at radius 2 is 0.945 bits per heavy atom. The molecule has 0 spiro atoms. The molecule has 0 bridgehead atoms. The van der Waals surface area contributed by atoms with Crippen molar-refractivity contribution in [1.82, 2.24) is 0 Å². The van der Waals surface area contributed by atoms with Crippen LogP contribution in [0.5, 0.6) is 0 Å². The van der Waals surface area contributed by atoms with Crippen molar-refractivity contribution in [2.24, 2.45) is 0 Å². The van der Waals surface area contributed by atoms with Crippen LogP contribution in [0.4, 0.5) is 17.1 Å². The van der Waals surface area contributed by atoms with Crippen molar-refractivity contribution in [3.8, 4) is 33.4 Å². The molecule has 2 nitrogen and oxygen atoms in total. The molecule has 0 fully saturated rings. The van der Waals surface area contributed by atoms with Gasteiger partial charge in [-0.1, -0.05) is 140 Å². The molecule has 0 atom stereocenters. The van der Waals surface area contributed by atoms with E-state index in [1.165, 1.54) is 53.2 Å². The molecular formula is C52H33NOS. The Bertz CT molecular complexity index is 3200. The zero-order valence-electron chi connectivity index (χ0n) is 29.8. The smallest absolute Gasteiger partial charge is 0.135 e. The van der Waals surface area contributed by atoms with Crippen LogP contribution < -0.4 is 4.90 Å². The first-order valence-electron chi connectivity index (χ1n) is 18.7. The van der Waals surface area contributed by atoms with Crippen molar-refractivity contribution in [2.45, 2.75) is 0 Å². The first-order valence-corrected chi connectivity index (χ1v) is 19.5. The van der Waals surface area contributed by atoms with E-state index in [9.17, 15) is 0 Å². The first kappa shape index (κ1) is 31.6. The van der Waals surface area contributed by atoms with Gasteiger partial charge in [-0.05, 0) is 99.3 Å². The van der Waals surface area contributed by atoms with E-state index in [0.717, 1.165) is 50.1 Å². The third-order valence-corrected chi connectivity index (χ3v) is 12.0. The Morgan fingerprint density at radius 1 is 0.345 bits per heavy atom. The first-order chi connectivity index (χ1) is 27.2. The van der Waals surface area contributed by atoms with Gasteiger partial charge in [0.25, 0.3) is 0 Å². The molecule has 0 saturated carbocycles. The molecule has 0 unspecified atom stereocenters. The lowest BCUT2D eigenvalue weighted by Gasteiger charge is -2.28. The molecule has 258 valence electrons. The van der Waals surface area contributed by atoms with Crippen molar-refractivity contribution in [2.75, 3.05) is 4.90 Å². The van der Waals surface area contributed by atoms with E-state index < -0.39 is 0 Å². The van der Waals surface area contributed by atoms with E-state index in [0.29, 0.717) is 0 Å². The van der Waals surface area contributed by atoms with Crippen molar-refractivity contribution >= 4 is 81.3 Å². The highest BCUT2D eigenvalue weighted by Crippen LogP contribution is 2.44. The molecule has 9 aromatic carbocycles. The van der Waals surface area contributed by atoms with Gasteiger partial charge in [-0.3, -0.25) is 0 Å². The van der Waals surface area contributed by atoms with Crippen LogP contribution in [0.2, 0.25) is 0 Å². The van der Waals surface area contributed by atoms with E-state index in [1.54, 1.807) is 0 Å². The number of rotatable bonds is 6. The zero-order chi connectivity index (χ0) is 36.3. The van der Waals surface area contributed by atoms with Crippen LogP contribution in [0.1, 0.15) is 0 Å². The van der Waals surface area contributed by atoms with E-state index in [2.05, 4.69) is 193 Å². The van der Waals surface area contributed by atoms with Gasteiger partial charge in [-0.2, -0.15) is 0 Å². The zero-order valence-corrected chi connectivity index (χ0v) is 30.6. The van der Waals surface area contributed by atoms with Gasteiger partial charge in [-0.25, -0.2) is 0 Å². The summed E-state index contributed by atoms with van der Waals surface area (Å²) in [7, 11) is 0. The Balaban J connectivity index is 1.04. The number of hydrogen-bond acceptors (Lipinski definition) is 3. The number of anilines is 3. The maximum atomic E-state index is 6.21. The number of benzene rings is 9. The molecule has 0 amide bonds. The summed E-state index contributed by atoms with van der Waals surface area (Å²) in [6, 6.07) is 72.3. The average Bonchev–Trinajstić information content (AvgIpc) is 3.82. The Labute approximate surface area is 322 Å². The molecule has 11 aromatic rings. The summed E-state index contributed by atoms with van der Waals surface area (Å²) >= 11 is 1.86. The molecule has 3 heteroatoms. The van der Waals surface area contributed by atoms with E-state index in [-0.39, 0.29) is 0 Å². The van der Waals surface area contributed by atoms with Gasteiger partial charge < -0.3 is 9.32 Å². The summed E-state index contributed by atoms with van der Waals surface area (Å²) in [4.78, 5) is 2.39. The lowest BCUT2D eigenvalue weighted by atomic mass is 9.97. The van der Waals surface area contributed by atoms with Crippen molar-refractivity contribution in [3.63, 3.8) is 0 Å². The lowest BCUT2D eigenvalue weighted by molar-refractivity contribution is 0.669. The van der Waals surface area contributed by atoms with Crippen LogP contribution in [0.25, 0.3) is 86.3 Å². The summed E-state index contributed by atoms with van der Waals surface area (Å²) in [5.41, 5.74) is 12.2. The molecule has 0 aliphatic rings. The third-order valence-electron chi connectivity index (χ3n) is 10.9. The van der Waals surface area contributed by atoms with Crippen LogP contribution in [0.15, 0.2) is 205 Å². The SMILES string of the molecule is c1ccc(N(c2ccc(-c3ccc4c(c3)sc3ccccc34)cc2)c2ccc(-c3cccc4ccccc34)cc2)c(-c2ccc3oc4ccccc4c3c2)c1. The standard InChI is InChI=1S/C52H33NOS/c1-2-12-41-35(10-1)11-9-16-42(41)36-22-28-40(29-23-36)53(39-26-20-34(21-27-39)37-24-30-46-45-15-5-8-19-51(45)55-52(46)33-37)48-17-6-3-13-43(48)38-25-31-50-47(32-38)44-14-4-7-18-49(44)54-50/h1-33H. The van der Waals surface area contributed by atoms with E-state index in [1.807, 2.05) is 23.5 Å². The topological polar surface area (TPSA) is 16.4 Å². The summed E-state index contributed by atoms with van der Waals surface area (Å²) in [6.07, 6.45) is 0. The molecule has 0 aliphatic carbocycles. The quantitative estimate of drug-likeness (QED) is 0.170. The van der Waals surface area contributed by atoms with Crippen molar-refractivity contribution in [1.29, 1.82) is 0 Å². The van der Waals surface area contributed by atoms with Gasteiger partial charge in [0, 0.05) is 47.9 Å². The van der Waals surface area contributed by atoms with Gasteiger partial charge in [0.05, 0.1) is 5.69 Å². The molecule has 2 aromatic heterocycles. The van der Waals surface area contributed by atoms with Crippen molar-refractivity contribution < 1.29 is 4.42 Å². The van der Waals surface area contributed by atoms with Gasteiger partial charge in [0.15, 0.2) is 0 Å². The predicted octanol–water partition coefficient (Wildman–Crippen LogP) is 15.6. The highest BCUT2D eigenvalue weighted by atomic mass is 32.1. The van der Waals surface area contributed by atoms with E-state index in [4.69, 9.17) is 4.42 Å². The monoisotopic (exact) mass is 719 g/mol. The maximum Gasteiger partial charge on any atom is 0.135 e. The second kappa shape index (κ2) is 12.9. The second-order valence-corrected chi connectivity index (χ2v) is 15.2. The normalized spacial score (nSPS) is 11.6. The highest BCUT2D eigenvalue weighted by Gasteiger charge is 2.19. The fourth-order valence-corrected chi connectivity index (χ4v) is 9.35. The number of hydrogen-bond donors (Lipinski definition) is 0. The number of para-hydroxylation sites is 2. The van der Waals surface area contributed by atoms with Crippen LogP contribution in [0.3, 0.4) is 0 Å². The highest BCUT2D eigenvalue weighted by molar-refractivity contribution is 7.25. The molecule has 55 heavy (non-hydrogen) atoms. The maximum absolute atomic E-state index is 6.21. The molecule has 0 radical (unpaired) electrons. The summed E-state index contributed by atoms with van der Waals surface area (Å²) in [6.45, 7) is 0. The minimum absolute atomic E-state index is 0.896. The van der Waals surface area contributed by atoms with Crippen LogP contribution in [0, 0.1) is 0 Å². The summed E-state index contributed by atoms with van der Waals surface area (Å²) < 4.78 is 8.85. The van der Waals surface area contributed by atoms with Crippen LogP contribution in [-0.4, -0.2) is 0 Å². The number of fused-ring (bicyclic) bond motifs is 7. The minimum atomic E-state index is 0.896.